The van der Waals surface area contributed by atoms with Crippen LogP contribution >= 0.6 is 23.2 Å². The van der Waals surface area contributed by atoms with Crippen LogP contribution in [-0.4, -0.2) is 50.4 Å². The van der Waals surface area contributed by atoms with Crippen LogP contribution in [0.25, 0.3) is 0 Å². The highest BCUT2D eigenvalue weighted by Gasteiger charge is 2.25. The minimum absolute atomic E-state index is 0.155. The maximum absolute atomic E-state index is 12.4. The van der Waals surface area contributed by atoms with Crippen molar-refractivity contribution >= 4 is 46.2 Å². The molecule has 2 aromatic carbocycles. The molecule has 214 valence electrons. The van der Waals surface area contributed by atoms with Crippen LogP contribution in [-0.2, 0) is 14.5 Å². The van der Waals surface area contributed by atoms with Crippen molar-refractivity contribution in [1.29, 1.82) is 5.41 Å². The topological polar surface area (TPSA) is 105 Å². The molecule has 0 radical (unpaired) electrons. The second-order valence-corrected chi connectivity index (χ2v) is 10.1. The molecule has 1 amide bonds. The highest BCUT2D eigenvalue weighted by molar-refractivity contribution is 6.46. The average molecular weight is 596 g/mol. The lowest BCUT2D eigenvalue weighted by molar-refractivity contribution is -0.114. The molecule has 10 heteroatoms. The molecular formula is C31H32Cl2N4O4. The van der Waals surface area contributed by atoms with E-state index in [2.05, 4.69) is 34.4 Å². The summed E-state index contributed by atoms with van der Waals surface area (Å²) in [6.07, 6.45) is 1.20. The quantitative estimate of drug-likeness (QED) is 0.144. The van der Waals surface area contributed by atoms with Crippen LogP contribution in [0.4, 0.5) is 0 Å². The molecule has 3 rings (SSSR count). The molecule has 0 aliphatic heterocycles. The largest absolute Gasteiger partial charge is 0.479 e. The van der Waals surface area contributed by atoms with Gasteiger partial charge in [0.2, 0.25) is 0 Å². The van der Waals surface area contributed by atoms with Crippen LogP contribution < -0.4 is 10.1 Å². The molecule has 1 aliphatic rings. The zero-order valence-electron chi connectivity index (χ0n) is 23.7. The van der Waals surface area contributed by atoms with Gasteiger partial charge in [0, 0.05) is 23.2 Å². The number of carbonyl (C=O) groups is 1. The molecule has 0 fully saturated rings. The van der Waals surface area contributed by atoms with E-state index in [1.165, 1.54) is 18.3 Å². The number of oxime groups is 2. The number of nitrogens with zero attached hydrogens (tertiary/aromatic N) is 2. The average Bonchev–Trinajstić information content (AvgIpc) is 2.96. The summed E-state index contributed by atoms with van der Waals surface area (Å²) in [5.74, 6) is 6.15. The molecule has 8 nitrogen and oxygen atoms in total. The Morgan fingerprint density at radius 1 is 1.07 bits per heavy atom. The molecule has 0 unspecified atom stereocenters. The van der Waals surface area contributed by atoms with Gasteiger partial charge in [0.15, 0.2) is 5.71 Å². The zero-order valence-corrected chi connectivity index (χ0v) is 25.2. The Morgan fingerprint density at radius 3 is 2.44 bits per heavy atom. The van der Waals surface area contributed by atoms with E-state index in [9.17, 15) is 4.79 Å². The van der Waals surface area contributed by atoms with Gasteiger partial charge >= 0.3 is 0 Å². The maximum Gasteiger partial charge on any atom is 0.273 e. The number of nitrogens with one attached hydrogen (secondary N) is 2. The molecule has 0 saturated heterocycles. The Hall–Kier alpha value is -4.06. The van der Waals surface area contributed by atoms with Crippen molar-refractivity contribution in [3.63, 3.8) is 0 Å². The lowest BCUT2D eigenvalue weighted by atomic mass is 9.85. The maximum atomic E-state index is 12.4. The third-order valence-corrected chi connectivity index (χ3v) is 6.92. The number of amides is 1. The van der Waals surface area contributed by atoms with E-state index in [0.29, 0.717) is 39.9 Å². The summed E-state index contributed by atoms with van der Waals surface area (Å²) < 4.78 is 5.58. The molecule has 0 aromatic heterocycles. The minimum atomic E-state index is -0.334. The van der Waals surface area contributed by atoms with E-state index < -0.39 is 0 Å². The number of benzene rings is 2. The number of carbonyl (C=O) groups excluding carboxylic acids is 1. The van der Waals surface area contributed by atoms with Gasteiger partial charge in [-0.1, -0.05) is 68.6 Å². The van der Waals surface area contributed by atoms with Gasteiger partial charge in [0.25, 0.3) is 5.91 Å². The van der Waals surface area contributed by atoms with Gasteiger partial charge in [-0.3, -0.25) is 10.2 Å². The van der Waals surface area contributed by atoms with Gasteiger partial charge in [-0.05, 0) is 75.1 Å². The highest BCUT2D eigenvalue weighted by atomic mass is 35.5. The van der Waals surface area contributed by atoms with Crippen LogP contribution in [0.1, 0.15) is 44.7 Å². The van der Waals surface area contributed by atoms with Crippen molar-refractivity contribution < 1.29 is 19.2 Å². The summed E-state index contributed by atoms with van der Waals surface area (Å²) >= 11 is 12.0. The van der Waals surface area contributed by atoms with Crippen molar-refractivity contribution in [3.05, 3.63) is 85.9 Å². The Labute approximate surface area is 250 Å². The zero-order chi connectivity index (χ0) is 29.9. The van der Waals surface area contributed by atoms with E-state index in [0.717, 1.165) is 16.7 Å². The van der Waals surface area contributed by atoms with Crippen LogP contribution in [0.2, 0.25) is 10.0 Å². The van der Waals surface area contributed by atoms with Crippen LogP contribution in [0.3, 0.4) is 0 Å². The Kier molecular flexibility index (Phi) is 11.6. The number of hydrogen-bond acceptors (Lipinski definition) is 7. The van der Waals surface area contributed by atoms with E-state index in [-0.39, 0.29) is 30.5 Å². The van der Waals surface area contributed by atoms with Gasteiger partial charge in [-0.25, -0.2) is 0 Å². The van der Waals surface area contributed by atoms with E-state index >= 15 is 0 Å². The molecule has 0 bridgehead atoms. The van der Waals surface area contributed by atoms with Gasteiger partial charge < -0.3 is 19.7 Å². The second-order valence-electron chi connectivity index (χ2n) is 9.27. The van der Waals surface area contributed by atoms with Crippen LogP contribution in [0.5, 0.6) is 5.75 Å². The fourth-order valence-electron chi connectivity index (χ4n) is 3.98. The van der Waals surface area contributed by atoms with Crippen molar-refractivity contribution in [1.82, 2.24) is 5.32 Å². The highest BCUT2D eigenvalue weighted by Crippen LogP contribution is 2.31. The Balaban J connectivity index is 1.63. The molecule has 41 heavy (non-hydrogen) atoms. The fourth-order valence-corrected chi connectivity index (χ4v) is 4.44. The minimum Gasteiger partial charge on any atom is -0.479 e. The third kappa shape index (κ3) is 8.71. The summed E-state index contributed by atoms with van der Waals surface area (Å²) in [5.41, 5.74) is 6.33. The summed E-state index contributed by atoms with van der Waals surface area (Å²) in [7, 11) is 2.95. The van der Waals surface area contributed by atoms with E-state index in [1.807, 2.05) is 19.1 Å². The van der Waals surface area contributed by atoms with Crippen molar-refractivity contribution in [2.45, 2.75) is 33.6 Å². The van der Waals surface area contributed by atoms with Crippen molar-refractivity contribution in [2.75, 3.05) is 27.4 Å². The summed E-state index contributed by atoms with van der Waals surface area (Å²) in [4.78, 5) is 23.0. The van der Waals surface area contributed by atoms with Crippen molar-refractivity contribution in [2.24, 2.45) is 10.3 Å². The summed E-state index contributed by atoms with van der Waals surface area (Å²) in [5, 5.41) is 20.2. The fraction of sp³-hybridized carbons (Fsp3) is 0.290. The van der Waals surface area contributed by atoms with Crippen LogP contribution in [0, 0.1) is 17.3 Å². The monoisotopic (exact) mass is 594 g/mol. The normalized spacial score (nSPS) is 13.8. The van der Waals surface area contributed by atoms with E-state index in [1.54, 1.807) is 44.3 Å². The first-order valence-electron chi connectivity index (χ1n) is 12.8. The number of ether oxygens (including phenoxy) is 1. The lowest BCUT2D eigenvalue weighted by Gasteiger charge is -2.22. The SMILES string of the molecule is CNC(=O)/C(=N/OC)C1=C(CO/N=C(\C)C(=N)c2ccc(C#CCOc3ccc(Cl)cc3Cl)cc2)CC(C)=C(C)C1. The Morgan fingerprint density at radius 2 is 1.78 bits per heavy atom. The first kappa shape index (κ1) is 31.5. The summed E-state index contributed by atoms with van der Waals surface area (Å²) in [6, 6.07) is 12.3. The number of halogens is 2. The predicted octanol–water partition coefficient (Wildman–Crippen LogP) is 6.36. The van der Waals surface area contributed by atoms with Gasteiger partial charge in [0.1, 0.15) is 31.8 Å². The molecule has 2 aromatic rings. The molecular weight excluding hydrogens is 563 g/mol. The van der Waals surface area contributed by atoms with Gasteiger partial charge in [-0.2, -0.15) is 0 Å². The standard InChI is InChI=1S/C31H32Cl2N4O4/c1-19-15-24(26(16-20(19)2)30(37-39-5)31(38)35-4)18-41-36-21(3)29(34)23-10-8-22(9-11-23)7-6-14-40-28-13-12-25(32)17-27(28)33/h8-13,17,34H,14-16,18H2,1-5H3,(H,35,38)/b34-29?,36-21+,37-30+. The lowest BCUT2D eigenvalue weighted by Crippen LogP contribution is -2.31. The van der Waals surface area contributed by atoms with Crippen LogP contribution in [0.15, 0.2) is 75.1 Å². The number of allylic oxidation sites excluding steroid dienone is 2. The first-order valence-corrected chi connectivity index (χ1v) is 13.5. The molecule has 0 saturated carbocycles. The van der Waals surface area contributed by atoms with Gasteiger partial charge in [0.05, 0.1) is 10.7 Å². The van der Waals surface area contributed by atoms with Gasteiger partial charge in [-0.15, -0.1) is 0 Å². The van der Waals surface area contributed by atoms with Crippen molar-refractivity contribution in [3.8, 4) is 17.6 Å². The molecule has 0 spiro atoms. The molecule has 0 heterocycles. The first-order chi connectivity index (χ1) is 19.6. The summed E-state index contributed by atoms with van der Waals surface area (Å²) in [6.45, 7) is 6.12. The predicted molar refractivity (Wildman–Crippen MR) is 164 cm³/mol. The third-order valence-electron chi connectivity index (χ3n) is 6.39. The molecule has 0 atom stereocenters. The Bertz CT molecular complexity index is 1500. The molecule has 1 aliphatic carbocycles. The smallest absolute Gasteiger partial charge is 0.273 e. The number of rotatable bonds is 10. The van der Waals surface area contributed by atoms with E-state index in [4.69, 9.17) is 43.0 Å². The molecule has 2 N–H and O–H groups in total. The second kappa shape index (κ2) is 15.1. The number of hydrogen-bond donors (Lipinski definition) is 2.